The van der Waals surface area contributed by atoms with E-state index in [0.717, 1.165) is 24.7 Å². The fraction of sp³-hybridized carbons (Fsp3) is 0.889. The summed E-state index contributed by atoms with van der Waals surface area (Å²) >= 11 is 0. The molecule has 1 aliphatic rings. The van der Waals surface area contributed by atoms with Crippen LogP contribution in [0.2, 0.25) is 0 Å². The Bertz CT molecular complexity index is 110. The van der Waals surface area contributed by atoms with Crippen molar-refractivity contribution in [2.75, 3.05) is 0 Å². The summed E-state index contributed by atoms with van der Waals surface area (Å²) in [6, 6.07) is 0. The van der Waals surface area contributed by atoms with Crippen LogP contribution in [0.4, 0.5) is 0 Å². The summed E-state index contributed by atoms with van der Waals surface area (Å²) in [6.45, 7) is 4.44. The van der Waals surface area contributed by atoms with Crippen LogP contribution in [-0.4, -0.2) is 6.29 Å². The van der Waals surface area contributed by atoms with Gasteiger partial charge in [-0.2, -0.15) is 0 Å². The van der Waals surface area contributed by atoms with Crippen LogP contribution in [0.5, 0.6) is 0 Å². The van der Waals surface area contributed by atoms with Crippen molar-refractivity contribution in [2.24, 2.45) is 17.8 Å². The number of carbonyl (C=O) groups excluding carboxylic acids is 1. The molecule has 0 spiro atoms. The molecule has 0 aromatic rings. The summed E-state index contributed by atoms with van der Waals surface area (Å²) < 4.78 is 0. The second kappa shape index (κ2) is 3.18. The highest BCUT2D eigenvalue weighted by Crippen LogP contribution is 2.31. The van der Waals surface area contributed by atoms with Crippen molar-refractivity contribution in [3.8, 4) is 0 Å². The minimum atomic E-state index is 0.235. The highest BCUT2D eigenvalue weighted by Gasteiger charge is 2.23. The first kappa shape index (κ1) is 7.77. The van der Waals surface area contributed by atoms with Crippen LogP contribution in [0.3, 0.4) is 0 Å². The predicted octanol–water partition coefficient (Wildman–Crippen LogP) is 2.17. The van der Waals surface area contributed by atoms with Crippen molar-refractivity contribution >= 4 is 6.29 Å². The van der Waals surface area contributed by atoms with E-state index in [2.05, 4.69) is 20.1 Å². The lowest BCUT2D eigenvalue weighted by Gasteiger charge is -2.27. The van der Waals surface area contributed by atoms with Crippen LogP contribution in [0, 0.1) is 17.8 Å². The molecule has 2 unspecified atom stereocenters. The molecular weight excluding hydrogens is 124 g/mol. The van der Waals surface area contributed by atoms with Gasteiger partial charge in [0.2, 0.25) is 6.29 Å². The number of hydrogen-bond acceptors (Lipinski definition) is 1. The maximum atomic E-state index is 10.3. The van der Waals surface area contributed by atoms with Gasteiger partial charge in [0.1, 0.15) is 0 Å². The fourth-order valence-corrected chi connectivity index (χ4v) is 2.04. The molecule has 1 aliphatic carbocycles. The van der Waals surface area contributed by atoms with Crippen LogP contribution in [0.25, 0.3) is 0 Å². The van der Waals surface area contributed by atoms with Gasteiger partial charge in [-0.15, -0.1) is 0 Å². The molecule has 0 amide bonds. The molecule has 0 N–H and O–H groups in total. The van der Waals surface area contributed by atoms with Gasteiger partial charge in [0.25, 0.3) is 0 Å². The zero-order valence-electron chi connectivity index (χ0n) is 6.76. The zero-order chi connectivity index (χ0) is 7.56. The lowest BCUT2D eigenvalue weighted by Crippen LogP contribution is -2.20. The van der Waals surface area contributed by atoms with Gasteiger partial charge in [0, 0.05) is 5.92 Å². The van der Waals surface area contributed by atoms with Gasteiger partial charge in [-0.3, -0.25) is 4.79 Å². The zero-order valence-corrected chi connectivity index (χ0v) is 6.76. The highest BCUT2D eigenvalue weighted by atomic mass is 16.1. The molecule has 10 heavy (non-hydrogen) atoms. The summed E-state index contributed by atoms with van der Waals surface area (Å²) in [5.74, 6) is 1.70. The predicted molar refractivity (Wildman–Crippen MR) is 41.4 cm³/mol. The van der Waals surface area contributed by atoms with Crippen molar-refractivity contribution in [1.29, 1.82) is 0 Å². The van der Waals surface area contributed by atoms with E-state index in [1.807, 2.05) is 0 Å². The van der Waals surface area contributed by atoms with E-state index in [-0.39, 0.29) is 5.92 Å². The van der Waals surface area contributed by atoms with Crippen LogP contribution in [-0.2, 0) is 4.79 Å². The smallest absolute Gasteiger partial charge is 0.201 e. The van der Waals surface area contributed by atoms with Gasteiger partial charge >= 0.3 is 0 Å². The Balaban J connectivity index is 2.42. The minimum absolute atomic E-state index is 0.235. The first-order valence-corrected chi connectivity index (χ1v) is 4.10. The molecule has 1 radical (unpaired) electrons. The molecule has 0 bridgehead atoms. The van der Waals surface area contributed by atoms with E-state index in [0.29, 0.717) is 0 Å². The van der Waals surface area contributed by atoms with Gasteiger partial charge in [-0.05, 0) is 31.1 Å². The molecule has 57 valence electrons. The Morgan fingerprint density at radius 2 is 1.60 bits per heavy atom. The third kappa shape index (κ3) is 1.83. The van der Waals surface area contributed by atoms with Gasteiger partial charge in [-0.25, -0.2) is 0 Å². The number of hydrogen-bond donors (Lipinski definition) is 0. The molecule has 0 heterocycles. The van der Waals surface area contributed by atoms with Gasteiger partial charge in [0.15, 0.2) is 0 Å². The SMILES string of the molecule is CC1CC(C)CC([C]=O)C1. The molecule has 1 saturated carbocycles. The quantitative estimate of drug-likeness (QED) is 0.544. The molecule has 0 aromatic carbocycles. The molecule has 1 fully saturated rings. The molecule has 1 heteroatoms. The Morgan fingerprint density at radius 3 is 2.00 bits per heavy atom. The molecule has 1 nitrogen and oxygen atoms in total. The van der Waals surface area contributed by atoms with Crippen LogP contribution in [0.15, 0.2) is 0 Å². The largest absolute Gasteiger partial charge is 0.291 e. The van der Waals surface area contributed by atoms with E-state index < -0.39 is 0 Å². The third-order valence-electron chi connectivity index (χ3n) is 2.35. The minimum Gasteiger partial charge on any atom is -0.291 e. The Hall–Kier alpha value is -0.330. The average Bonchev–Trinajstić information content (AvgIpc) is 1.85. The summed E-state index contributed by atoms with van der Waals surface area (Å²) in [7, 11) is 0. The lowest BCUT2D eigenvalue weighted by atomic mass is 9.77. The van der Waals surface area contributed by atoms with Gasteiger partial charge < -0.3 is 0 Å². The Kier molecular flexibility index (Phi) is 2.47. The van der Waals surface area contributed by atoms with Crippen molar-refractivity contribution < 1.29 is 4.79 Å². The number of rotatable bonds is 1. The first-order valence-electron chi connectivity index (χ1n) is 4.10. The Morgan fingerprint density at radius 1 is 1.10 bits per heavy atom. The normalized spacial score (nSPS) is 41.2. The standard InChI is InChI=1S/C9H15O/c1-7-3-8(2)5-9(4-7)6-10/h7-9H,3-5H2,1-2H3. The van der Waals surface area contributed by atoms with E-state index in [9.17, 15) is 4.79 Å². The molecule has 0 saturated heterocycles. The summed E-state index contributed by atoms with van der Waals surface area (Å²) in [5, 5.41) is 0. The second-order valence-electron chi connectivity index (χ2n) is 3.73. The van der Waals surface area contributed by atoms with Crippen molar-refractivity contribution in [3.63, 3.8) is 0 Å². The van der Waals surface area contributed by atoms with E-state index >= 15 is 0 Å². The monoisotopic (exact) mass is 139 g/mol. The molecule has 0 aliphatic heterocycles. The molecular formula is C9H15O. The van der Waals surface area contributed by atoms with E-state index in [4.69, 9.17) is 0 Å². The lowest BCUT2D eigenvalue weighted by molar-refractivity contribution is 0.259. The molecule has 0 aromatic heterocycles. The topological polar surface area (TPSA) is 17.1 Å². The second-order valence-corrected chi connectivity index (χ2v) is 3.73. The van der Waals surface area contributed by atoms with Crippen LogP contribution >= 0.6 is 0 Å². The Labute approximate surface area is 62.8 Å². The first-order chi connectivity index (χ1) is 4.72. The summed E-state index contributed by atoms with van der Waals surface area (Å²) in [5.41, 5.74) is 0. The summed E-state index contributed by atoms with van der Waals surface area (Å²) in [4.78, 5) is 10.3. The van der Waals surface area contributed by atoms with Crippen molar-refractivity contribution in [3.05, 3.63) is 0 Å². The average molecular weight is 139 g/mol. The maximum absolute atomic E-state index is 10.3. The third-order valence-corrected chi connectivity index (χ3v) is 2.35. The van der Waals surface area contributed by atoms with Crippen molar-refractivity contribution in [1.82, 2.24) is 0 Å². The van der Waals surface area contributed by atoms with Crippen LogP contribution in [0.1, 0.15) is 33.1 Å². The molecule has 2 atom stereocenters. The van der Waals surface area contributed by atoms with E-state index in [1.54, 1.807) is 0 Å². The van der Waals surface area contributed by atoms with Crippen LogP contribution < -0.4 is 0 Å². The van der Waals surface area contributed by atoms with Gasteiger partial charge in [-0.1, -0.05) is 13.8 Å². The fourth-order valence-electron chi connectivity index (χ4n) is 2.04. The van der Waals surface area contributed by atoms with E-state index in [1.165, 1.54) is 6.42 Å². The molecule has 1 rings (SSSR count). The maximum Gasteiger partial charge on any atom is 0.201 e. The summed E-state index contributed by atoms with van der Waals surface area (Å²) in [6.07, 6.45) is 5.53. The highest BCUT2D eigenvalue weighted by molar-refractivity contribution is 5.54. The van der Waals surface area contributed by atoms with Crippen molar-refractivity contribution in [2.45, 2.75) is 33.1 Å². The van der Waals surface area contributed by atoms with Gasteiger partial charge in [0.05, 0.1) is 0 Å².